The van der Waals surface area contributed by atoms with Gasteiger partial charge in [0.25, 0.3) is 0 Å². The quantitative estimate of drug-likeness (QED) is 0.0819. The molecular formula is C60H95O3PSi2. The van der Waals surface area contributed by atoms with E-state index in [-0.39, 0.29) is 22.3 Å². The molecule has 3 nitrogen and oxygen atoms in total. The minimum absolute atomic E-state index is 0.0894. The van der Waals surface area contributed by atoms with Crippen molar-refractivity contribution in [2.45, 2.75) is 201 Å². The van der Waals surface area contributed by atoms with Crippen molar-refractivity contribution >= 4 is 34.4 Å². The van der Waals surface area contributed by atoms with Crippen molar-refractivity contribution in [2.24, 2.45) is 35.5 Å². The zero-order valence-electron chi connectivity index (χ0n) is 44.6. The molecular weight excluding hydrogens is 856 g/mol. The Kier molecular flexibility index (Phi) is 19.1. The first kappa shape index (κ1) is 54.7. The summed E-state index contributed by atoms with van der Waals surface area (Å²) in [5, 5.41) is 1.99. The third kappa shape index (κ3) is 14.2. The Hall–Kier alpha value is -2.28. The van der Waals surface area contributed by atoms with E-state index < -0.39 is 23.8 Å². The van der Waals surface area contributed by atoms with Gasteiger partial charge < -0.3 is 13.4 Å². The molecule has 0 spiro atoms. The van der Waals surface area contributed by atoms with Gasteiger partial charge in [0, 0.05) is 16.8 Å². The van der Waals surface area contributed by atoms with Crippen LogP contribution < -0.4 is 10.6 Å². The number of rotatable bonds is 14. The predicted octanol–water partition coefficient (Wildman–Crippen LogP) is 17.6. The van der Waals surface area contributed by atoms with E-state index in [9.17, 15) is 4.57 Å². The second-order valence-corrected chi connectivity index (χ2v) is 37.1. The summed E-state index contributed by atoms with van der Waals surface area (Å²) in [5.41, 5.74) is 7.26. The van der Waals surface area contributed by atoms with Gasteiger partial charge in [-0.05, 0) is 135 Å². The number of allylic oxidation sites excluding steroid dienone is 6. The molecule has 0 aliphatic heterocycles. The summed E-state index contributed by atoms with van der Waals surface area (Å²) in [5.74, 6) is 5.15. The van der Waals surface area contributed by atoms with E-state index in [2.05, 4.69) is 127 Å². The minimum Gasteiger partial charge on any atom is -0.410 e. The maximum absolute atomic E-state index is 14.7. The Morgan fingerprint density at radius 3 is 1.70 bits per heavy atom. The fourth-order valence-corrected chi connectivity index (χ4v) is 15.9. The van der Waals surface area contributed by atoms with Crippen LogP contribution >= 0.6 is 7.14 Å². The van der Waals surface area contributed by atoms with Gasteiger partial charge in [-0.3, -0.25) is 0 Å². The van der Waals surface area contributed by atoms with Crippen molar-refractivity contribution in [3.8, 4) is 0 Å². The molecule has 2 aromatic carbocycles. The monoisotopic (exact) mass is 951 g/mol. The molecule has 0 saturated heterocycles. The van der Waals surface area contributed by atoms with E-state index in [1.54, 1.807) is 11.1 Å². The number of hydrogen-bond acceptors (Lipinski definition) is 3. The second-order valence-electron chi connectivity index (χ2n) is 24.7. The lowest BCUT2D eigenvalue weighted by Crippen LogP contribution is -2.49. The first-order valence-electron chi connectivity index (χ1n) is 26.3. The highest BCUT2D eigenvalue weighted by molar-refractivity contribution is 7.78. The molecule has 7 atom stereocenters. The van der Waals surface area contributed by atoms with Gasteiger partial charge in [0.2, 0.25) is 0 Å². The minimum atomic E-state index is -2.84. The van der Waals surface area contributed by atoms with Gasteiger partial charge in [-0.15, -0.1) is 0 Å². The van der Waals surface area contributed by atoms with Crippen molar-refractivity contribution in [1.29, 1.82) is 0 Å². The molecule has 0 heterocycles. The summed E-state index contributed by atoms with van der Waals surface area (Å²) in [6, 6.07) is 19.9. The van der Waals surface area contributed by atoms with Gasteiger partial charge in [0.15, 0.2) is 16.6 Å². The molecule has 4 saturated carbocycles. The average Bonchev–Trinajstić information content (AvgIpc) is 3.67. The van der Waals surface area contributed by atoms with E-state index in [4.69, 9.17) is 8.85 Å². The summed E-state index contributed by atoms with van der Waals surface area (Å²) >= 11 is 0. The summed E-state index contributed by atoms with van der Waals surface area (Å²) in [6.07, 6.45) is 24.8. The molecule has 2 aromatic rings. The largest absolute Gasteiger partial charge is 0.410 e. The lowest BCUT2D eigenvalue weighted by atomic mass is 9.73. The topological polar surface area (TPSA) is 35.5 Å². The van der Waals surface area contributed by atoms with Crippen LogP contribution in [-0.2, 0) is 13.4 Å². The molecule has 4 fully saturated rings. The van der Waals surface area contributed by atoms with Crippen LogP contribution in [0.2, 0.25) is 36.3 Å². The van der Waals surface area contributed by atoms with Crippen molar-refractivity contribution in [3.05, 3.63) is 120 Å². The standard InChI is InChI=1S/C33H51O3PSi2.C27H44/c1-26-30(35-38(8,9)32(2,3)4)24-27(25-31(26)36-39(10,11)33(5,6)7)22-23-37(34,28-18-14-12-15-19-28)29-20-16-13-17-21-29;1-19(2)9-6-7-10-24-15-16-27-25(11-8-12-26(24)27)14-13-23-17-20(3)22(5)21(4)18-23/h12-22,30-31H,1,23-25H2,2-11H3;13-14,19-21,24,26-27H,5-12,15-18H2,1-4H3/b;25-14+/t30-,31-;20-,21-,24+,26-,27+/m11/s1. The maximum atomic E-state index is 14.7. The van der Waals surface area contributed by atoms with Gasteiger partial charge in [0.1, 0.15) is 7.14 Å². The Morgan fingerprint density at radius 2 is 1.21 bits per heavy atom. The molecule has 0 unspecified atom stereocenters. The third-order valence-electron chi connectivity index (χ3n) is 17.2. The Labute approximate surface area is 408 Å². The number of fused-ring (bicyclic) bond motifs is 1. The summed E-state index contributed by atoms with van der Waals surface area (Å²) in [6.45, 7) is 41.2. The van der Waals surface area contributed by atoms with E-state index in [1.807, 2.05) is 60.7 Å². The van der Waals surface area contributed by atoms with Crippen molar-refractivity contribution < 1.29 is 13.4 Å². The molecule has 0 amide bonds. The highest BCUT2D eigenvalue weighted by Crippen LogP contribution is 2.51. The van der Waals surface area contributed by atoms with Crippen molar-refractivity contribution in [3.63, 3.8) is 0 Å². The molecule has 6 heteroatoms. The second kappa shape index (κ2) is 23.1. The highest BCUT2D eigenvalue weighted by Gasteiger charge is 2.45. The summed E-state index contributed by atoms with van der Waals surface area (Å²) in [4.78, 5) is 0. The lowest BCUT2D eigenvalue weighted by molar-refractivity contribution is 0.132. The Morgan fingerprint density at radius 1 is 0.697 bits per heavy atom. The zero-order chi connectivity index (χ0) is 48.7. The predicted molar refractivity (Wildman–Crippen MR) is 295 cm³/mol. The number of hydrogen-bond donors (Lipinski definition) is 0. The maximum Gasteiger partial charge on any atom is 0.192 e. The number of benzene rings is 2. The first-order valence-corrected chi connectivity index (χ1v) is 34.0. The fraction of sp³-hybridized carbons (Fsp3) is 0.633. The molecule has 6 rings (SSSR count). The molecule has 0 N–H and O–H groups in total. The summed E-state index contributed by atoms with van der Waals surface area (Å²) < 4.78 is 28.7. The van der Waals surface area contributed by atoms with Gasteiger partial charge in [-0.2, -0.15) is 0 Å². The molecule has 0 bridgehead atoms. The van der Waals surface area contributed by atoms with Crippen molar-refractivity contribution in [2.75, 3.05) is 6.16 Å². The molecule has 0 radical (unpaired) electrons. The van der Waals surface area contributed by atoms with Crippen LogP contribution in [0.4, 0.5) is 0 Å². The molecule has 4 aliphatic carbocycles. The Balaban J connectivity index is 0.000000264. The smallest absolute Gasteiger partial charge is 0.192 e. The van der Waals surface area contributed by atoms with Crippen LogP contribution in [0.25, 0.3) is 0 Å². The van der Waals surface area contributed by atoms with Crippen LogP contribution in [-0.4, -0.2) is 35.0 Å². The third-order valence-corrected chi connectivity index (χ3v) is 29.1. The van der Waals surface area contributed by atoms with Crippen LogP contribution in [0.5, 0.6) is 0 Å². The molecule has 66 heavy (non-hydrogen) atoms. The van der Waals surface area contributed by atoms with Crippen molar-refractivity contribution in [1.82, 2.24) is 0 Å². The average molecular weight is 952 g/mol. The van der Waals surface area contributed by atoms with Crippen LogP contribution in [0.15, 0.2) is 120 Å². The zero-order valence-corrected chi connectivity index (χ0v) is 47.5. The SMILES string of the molecule is C=C1[C@H](C)CC(=C/C=C2\CCC[C@@H]3[C@@H](CCCCC(C)C)CC[C@@H]23)C[C@H]1C.C=C1[C@H](O[Si](C)(C)C(C)(C)C)CC(=CCP(=O)(c2ccccc2)c2ccccc2)C[C@H]1O[Si](C)(C)C(C)(C)C. The van der Waals surface area contributed by atoms with Gasteiger partial charge in [-0.25, -0.2) is 0 Å². The Bertz CT molecular complexity index is 1940. The van der Waals surface area contributed by atoms with E-state index in [1.165, 1.54) is 81.8 Å². The van der Waals surface area contributed by atoms with E-state index in [0.717, 1.165) is 52.7 Å². The molecule has 4 aliphatic rings. The van der Waals surface area contributed by atoms with Gasteiger partial charge in [-0.1, -0.05) is 209 Å². The summed E-state index contributed by atoms with van der Waals surface area (Å²) in [7, 11) is -6.92. The highest BCUT2D eigenvalue weighted by atomic mass is 31.2. The van der Waals surface area contributed by atoms with Crippen LogP contribution in [0.3, 0.4) is 0 Å². The first-order chi connectivity index (χ1) is 30.8. The van der Waals surface area contributed by atoms with Gasteiger partial charge >= 0.3 is 0 Å². The van der Waals surface area contributed by atoms with Gasteiger partial charge in [0.05, 0.1) is 12.2 Å². The molecule has 366 valence electrons. The van der Waals surface area contributed by atoms with E-state index in [0.29, 0.717) is 18.0 Å². The van der Waals surface area contributed by atoms with E-state index >= 15 is 0 Å². The van der Waals surface area contributed by atoms with Crippen LogP contribution in [0, 0.1) is 35.5 Å². The fourth-order valence-electron chi connectivity index (χ4n) is 10.7. The lowest BCUT2D eigenvalue weighted by Gasteiger charge is -2.46. The molecule has 0 aromatic heterocycles. The normalized spacial score (nSPS) is 26.3. The number of unbranched alkanes of at least 4 members (excludes halogenated alkanes) is 1. The van der Waals surface area contributed by atoms with Crippen LogP contribution in [0.1, 0.15) is 153 Å².